The van der Waals surface area contributed by atoms with Crippen molar-refractivity contribution in [2.75, 3.05) is 0 Å². The third-order valence-corrected chi connectivity index (χ3v) is 5.34. The molecule has 0 saturated heterocycles. The van der Waals surface area contributed by atoms with E-state index in [2.05, 4.69) is 21.3 Å². The molecule has 8 heteroatoms. The summed E-state index contributed by atoms with van der Waals surface area (Å²) in [5.74, 6) is -0.0336. The normalized spacial score (nSPS) is 22.1. The molecule has 2 atom stereocenters. The fourth-order valence-corrected chi connectivity index (χ4v) is 4.24. The molecule has 146 valence electrons. The lowest BCUT2D eigenvalue weighted by molar-refractivity contribution is -0.114. The summed E-state index contributed by atoms with van der Waals surface area (Å²) in [5.41, 5.74) is 4.66. The lowest BCUT2D eigenvalue weighted by Gasteiger charge is -2.31. The van der Waals surface area contributed by atoms with E-state index in [1.54, 1.807) is 13.8 Å². The molecular formula is C20H22N4O2S2. The lowest BCUT2D eigenvalue weighted by atomic mass is 9.89. The van der Waals surface area contributed by atoms with E-state index < -0.39 is 0 Å². The van der Waals surface area contributed by atoms with Gasteiger partial charge in [0, 0.05) is 22.5 Å². The van der Waals surface area contributed by atoms with E-state index in [-0.39, 0.29) is 23.7 Å². The number of hydrogen-bond donors (Lipinski definition) is 4. The number of carbonyl (C=O) groups is 2. The number of Topliss-reactive ketones (excluding diaryl/α,β-unsaturated/α-hetero) is 2. The molecule has 28 heavy (non-hydrogen) atoms. The van der Waals surface area contributed by atoms with Crippen molar-refractivity contribution in [3.05, 3.63) is 57.9 Å². The molecule has 0 radical (unpaired) electrons. The van der Waals surface area contributed by atoms with Gasteiger partial charge in [-0.05, 0) is 63.3 Å². The summed E-state index contributed by atoms with van der Waals surface area (Å²) < 4.78 is 0. The van der Waals surface area contributed by atoms with Crippen LogP contribution in [0, 0.1) is 0 Å². The van der Waals surface area contributed by atoms with Crippen LogP contribution in [-0.2, 0) is 9.59 Å². The average Bonchev–Trinajstić information content (AvgIpc) is 2.59. The highest BCUT2D eigenvalue weighted by molar-refractivity contribution is 7.80. The molecule has 3 rings (SSSR count). The number of benzene rings is 1. The Hall–Kier alpha value is -2.58. The minimum Gasteiger partial charge on any atom is -0.351 e. The third-order valence-electron chi connectivity index (χ3n) is 4.90. The molecule has 0 spiro atoms. The topological polar surface area (TPSA) is 82.3 Å². The first-order valence-electron chi connectivity index (χ1n) is 8.87. The number of thiocarbonyl (C=S) groups is 2. The smallest absolute Gasteiger partial charge is 0.171 e. The minimum atomic E-state index is -0.313. The van der Waals surface area contributed by atoms with Crippen LogP contribution in [-0.4, -0.2) is 21.8 Å². The van der Waals surface area contributed by atoms with Crippen LogP contribution >= 0.6 is 24.4 Å². The summed E-state index contributed by atoms with van der Waals surface area (Å²) in [7, 11) is 0. The molecule has 2 unspecified atom stereocenters. The van der Waals surface area contributed by atoms with Crippen molar-refractivity contribution in [1.82, 2.24) is 21.3 Å². The van der Waals surface area contributed by atoms with Crippen molar-refractivity contribution in [2.24, 2.45) is 0 Å². The first-order valence-corrected chi connectivity index (χ1v) is 9.69. The molecule has 2 aliphatic rings. The van der Waals surface area contributed by atoms with E-state index in [0.717, 1.165) is 22.5 Å². The van der Waals surface area contributed by atoms with Crippen molar-refractivity contribution < 1.29 is 9.59 Å². The third kappa shape index (κ3) is 3.83. The summed E-state index contributed by atoms with van der Waals surface area (Å²) in [6.45, 7) is 6.78. The SMILES string of the molecule is CC(=O)C1=C(C)NC(=S)NC1c1ccc(C2NC(=S)NC(C)=C2C(C)=O)cc1. The van der Waals surface area contributed by atoms with Crippen LogP contribution in [0.15, 0.2) is 46.8 Å². The maximum Gasteiger partial charge on any atom is 0.171 e. The van der Waals surface area contributed by atoms with Crippen LogP contribution in [0.4, 0.5) is 0 Å². The number of ketones is 2. The zero-order chi connectivity index (χ0) is 20.6. The Labute approximate surface area is 174 Å². The second-order valence-electron chi connectivity index (χ2n) is 6.92. The van der Waals surface area contributed by atoms with Gasteiger partial charge < -0.3 is 21.3 Å². The van der Waals surface area contributed by atoms with Crippen molar-refractivity contribution in [2.45, 2.75) is 39.8 Å². The zero-order valence-electron chi connectivity index (χ0n) is 16.1. The van der Waals surface area contributed by atoms with Gasteiger partial charge in [0.05, 0.1) is 12.1 Å². The lowest BCUT2D eigenvalue weighted by Crippen LogP contribution is -2.45. The fourth-order valence-electron chi connectivity index (χ4n) is 3.70. The van der Waals surface area contributed by atoms with Crippen molar-refractivity contribution in [3.63, 3.8) is 0 Å². The number of rotatable bonds is 4. The largest absolute Gasteiger partial charge is 0.351 e. The fraction of sp³-hybridized carbons (Fsp3) is 0.300. The highest BCUT2D eigenvalue weighted by Gasteiger charge is 2.30. The van der Waals surface area contributed by atoms with Gasteiger partial charge in [-0.1, -0.05) is 24.3 Å². The number of nitrogens with one attached hydrogen (secondary N) is 4. The van der Waals surface area contributed by atoms with Crippen LogP contribution in [0.3, 0.4) is 0 Å². The summed E-state index contributed by atoms with van der Waals surface area (Å²) in [4.78, 5) is 24.3. The van der Waals surface area contributed by atoms with Gasteiger partial charge in [-0.25, -0.2) is 0 Å². The Morgan fingerprint density at radius 2 is 1.07 bits per heavy atom. The van der Waals surface area contributed by atoms with E-state index in [1.807, 2.05) is 38.1 Å². The zero-order valence-corrected chi connectivity index (χ0v) is 17.7. The van der Waals surface area contributed by atoms with E-state index in [1.165, 1.54) is 0 Å². The first kappa shape index (κ1) is 20.2. The molecule has 0 aromatic heterocycles. The molecule has 0 aliphatic carbocycles. The molecule has 2 heterocycles. The van der Waals surface area contributed by atoms with Crippen molar-refractivity contribution in [1.29, 1.82) is 0 Å². The highest BCUT2D eigenvalue weighted by Crippen LogP contribution is 2.31. The minimum absolute atomic E-state index is 0.0168. The van der Waals surface area contributed by atoms with Gasteiger partial charge in [-0.15, -0.1) is 0 Å². The predicted molar refractivity (Wildman–Crippen MR) is 116 cm³/mol. The molecule has 6 nitrogen and oxygen atoms in total. The van der Waals surface area contributed by atoms with Gasteiger partial charge in [0.2, 0.25) is 0 Å². The predicted octanol–water partition coefficient (Wildman–Crippen LogP) is 2.45. The van der Waals surface area contributed by atoms with Crippen LogP contribution in [0.25, 0.3) is 0 Å². The second-order valence-corrected chi connectivity index (χ2v) is 7.74. The van der Waals surface area contributed by atoms with Gasteiger partial charge in [-0.2, -0.15) is 0 Å². The van der Waals surface area contributed by atoms with Crippen LogP contribution < -0.4 is 21.3 Å². The van der Waals surface area contributed by atoms with Crippen molar-refractivity contribution >= 4 is 46.2 Å². The van der Waals surface area contributed by atoms with E-state index in [9.17, 15) is 9.59 Å². The van der Waals surface area contributed by atoms with Gasteiger partial charge >= 0.3 is 0 Å². The Kier molecular flexibility index (Phi) is 5.62. The number of carbonyl (C=O) groups excluding carboxylic acids is 2. The Morgan fingerprint density at radius 1 is 0.750 bits per heavy atom. The first-order chi connectivity index (χ1) is 13.2. The molecular weight excluding hydrogens is 392 g/mol. The molecule has 1 aromatic rings. The van der Waals surface area contributed by atoms with Crippen LogP contribution in [0.5, 0.6) is 0 Å². The number of hydrogen-bond acceptors (Lipinski definition) is 4. The molecule has 0 fully saturated rings. The van der Waals surface area contributed by atoms with E-state index in [0.29, 0.717) is 21.4 Å². The maximum absolute atomic E-state index is 12.1. The molecule has 4 N–H and O–H groups in total. The van der Waals surface area contributed by atoms with Crippen LogP contribution in [0.1, 0.15) is 50.9 Å². The molecule has 2 aliphatic heterocycles. The Balaban J connectivity index is 1.97. The Bertz CT molecular complexity index is 870. The van der Waals surface area contributed by atoms with Gasteiger partial charge in [-0.3, -0.25) is 9.59 Å². The van der Waals surface area contributed by atoms with E-state index in [4.69, 9.17) is 24.4 Å². The summed E-state index contributed by atoms with van der Waals surface area (Å²) >= 11 is 10.5. The highest BCUT2D eigenvalue weighted by atomic mass is 32.1. The Morgan fingerprint density at radius 3 is 1.36 bits per heavy atom. The molecule has 0 saturated carbocycles. The monoisotopic (exact) mass is 414 g/mol. The summed E-state index contributed by atoms with van der Waals surface area (Å²) in [6, 6.07) is 7.14. The summed E-state index contributed by atoms with van der Waals surface area (Å²) in [6.07, 6.45) is 0. The van der Waals surface area contributed by atoms with Gasteiger partial charge in [0.15, 0.2) is 21.8 Å². The molecule has 0 amide bonds. The second kappa shape index (κ2) is 7.81. The standard InChI is InChI=1S/C20H22N4O2S2/c1-9-15(11(3)25)17(23-19(27)21-9)13-5-7-14(8-6-13)18-16(12(4)26)10(2)22-20(28)24-18/h5-8,17-18H,1-4H3,(H2,21,23,27)(H2,22,24,28). The maximum atomic E-state index is 12.1. The average molecular weight is 415 g/mol. The number of allylic oxidation sites excluding steroid dienone is 2. The van der Waals surface area contributed by atoms with Crippen molar-refractivity contribution in [3.8, 4) is 0 Å². The van der Waals surface area contributed by atoms with E-state index >= 15 is 0 Å². The molecule has 0 bridgehead atoms. The summed E-state index contributed by atoms with van der Waals surface area (Å²) in [5, 5.41) is 13.3. The van der Waals surface area contributed by atoms with Crippen LogP contribution in [0.2, 0.25) is 0 Å². The quantitative estimate of drug-likeness (QED) is 0.560. The van der Waals surface area contributed by atoms with Gasteiger partial charge in [0.25, 0.3) is 0 Å². The van der Waals surface area contributed by atoms with Gasteiger partial charge in [0.1, 0.15) is 0 Å². The molecule has 1 aromatic carbocycles.